The Morgan fingerprint density at radius 2 is 1.16 bits per heavy atom. The molecule has 0 atom stereocenters. The molecule has 3 nitrogen and oxygen atoms in total. The molecule has 0 aliphatic carbocycles. The van der Waals surface area contributed by atoms with E-state index >= 15 is 0 Å². The van der Waals surface area contributed by atoms with E-state index in [1.807, 2.05) is 48.5 Å². The lowest BCUT2D eigenvalue weighted by atomic mass is 10.2. The summed E-state index contributed by atoms with van der Waals surface area (Å²) in [6.07, 6.45) is 0. The molecule has 0 aliphatic rings. The van der Waals surface area contributed by atoms with Crippen LogP contribution in [-0.2, 0) is 0 Å². The molecule has 0 saturated carbocycles. The zero-order valence-corrected chi connectivity index (χ0v) is 11.4. The molecule has 19 heavy (non-hydrogen) atoms. The fourth-order valence-corrected chi connectivity index (χ4v) is 1.90. The Morgan fingerprint density at radius 1 is 0.737 bits per heavy atom. The second kappa shape index (κ2) is 6.69. The van der Waals surface area contributed by atoms with Gasteiger partial charge in [0.1, 0.15) is 0 Å². The zero-order valence-electron chi connectivity index (χ0n) is 11.4. The lowest BCUT2D eigenvalue weighted by Crippen LogP contribution is -2.01. The third-order valence-electron chi connectivity index (χ3n) is 2.73. The molecule has 0 radical (unpaired) electrons. The van der Waals surface area contributed by atoms with Gasteiger partial charge in [-0.1, -0.05) is 24.3 Å². The molecule has 100 valence electrons. The van der Waals surface area contributed by atoms with Gasteiger partial charge in [0.05, 0.1) is 11.4 Å². The molecule has 0 aliphatic heterocycles. The van der Waals surface area contributed by atoms with Crippen LogP contribution in [0, 0.1) is 0 Å². The van der Waals surface area contributed by atoms with E-state index in [1.54, 1.807) is 0 Å². The van der Waals surface area contributed by atoms with Gasteiger partial charge in [-0.3, -0.25) is 0 Å². The number of nitrogens with one attached hydrogen (secondary N) is 2. The first-order valence-electron chi connectivity index (χ1n) is 6.68. The van der Waals surface area contributed by atoms with Gasteiger partial charge in [-0.2, -0.15) is 0 Å². The lowest BCUT2D eigenvalue weighted by Gasteiger charge is -2.15. The van der Waals surface area contributed by atoms with Crippen molar-refractivity contribution in [1.29, 1.82) is 0 Å². The third kappa shape index (κ3) is 3.41. The minimum absolute atomic E-state index is 0.842. The molecule has 0 fully saturated rings. The van der Waals surface area contributed by atoms with Gasteiger partial charge < -0.3 is 15.4 Å². The highest BCUT2D eigenvalue weighted by Gasteiger charge is 2.06. The maximum Gasteiger partial charge on any atom is 0.150 e. The molecule has 0 aromatic heterocycles. The maximum atomic E-state index is 6.02. The number of hydrogen-bond donors (Lipinski definition) is 2. The van der Waals surface area contributed by atoms with Gasteiger partial charge >= 0.3 is 0 Å². The number of para-hydroxylation sites is 4. The minimum Gasteiger partial charge on any atom is -0.453 e. The van der Waals surface area contributed by atoms with Gasteiger partial charge in [0.25, 0.3) is 0 Å². The molecule has 0 spiro atoms. The van der Waals surface area contributed by atoms with E-state index in [-0.39, 0.29) is 0 Å². The van der Waals surface area contributed by atoms with E-state index in [4.69, 9.17) is 4.74 Å². The van der Waals surface area contributed by atoms with Gasteiger partial charge in [0.2, 0.25) is 0 Å². The smallest absolute Gasteiger partial charge is 0.150 e. The van der Waals surface area contributed by atoms with Crippen LogP contribution in [0.5, 0.6) is 11.5 Å². The van der Waals surface area contributed by atoms with Crippen LogP contribution in [0.1, 0.15) is 13.8 Å². The average molecular weight is 256 g/mol. The Labute approximate surface area is 114 Å². The average Bonchev–Trinajstić information content (AvgIpc) is 2.44. The molecule has 0 bridgehead atoms. The summed E-state index contributed by atoms with van der Waals surface area (Å²) >= 11 is 0. The van der Waals surface area contributed by atoms with E-state index < -0.39 is 0 Å². The summed E-state index contributed by atoms with van der Waals surface area (Å²) in [5, 5.41) is 6.60. The van der Waals surface area contributed by atoms with Crippen molar-refractivity contribution in [1.82, 2.24) is 0 Å². The van der Waals surface area contributed by atoms with Gasteiger partial charge in [0, 0.05) is 13.1 Å². The first-order valence-corrected chi connectivity index (χ1v) is 6.68. The predicted octanol–water partition coefficient (Wildman–Crippen LogP) is 4.34. The van der Waals surface area contributed by atoms with Crippen molar-refractivity contribution in [2.24, 2.45) is 0 Å². The number of hydrogen-bond acceptors (Lipinski definition) is 3. The van der Waals surface area contributed by atoms with E-state index in [0.29, 0.717) is 0 Å². The fraction of sp³-hybridized carbons (Fsp3) is 0.250. The number of benzene rings is 2. The predicted molar refractivity (Wildman–Crippen MR) is 81.3 cm³/mol. The molecular weight excluding hydrogens is 236 g/mol. The van der Waals surface area contributed by atoms with Gasteiger partial charge in [-0.15, -0.1) is 0 Å². The summed E-state index contributed by atoms with van der Waals surface area (Å²) in [6, 6.07) is 15.9. The molecule has 0 saturated heterocycles. The van der Waals surface area contributed by atoms with E-state index in [1.165, 1.54) is 0 Å². The van der Waals surface area contributed by atoms with Gasteiger partial charge in [-0.25, -0.2) is 0 Å². The van der Waals surface area contributed by atoms with Crippen molar-refractivity contribution in [2.75, 3.05) is 23.7 Å². The van der Waals surface area contributed by atoms with Gasteiger partial charge in [-0.05, 0) is 38.1 Å². The summed E-state index contributed by atoms with van der Waals surface area (Å²) in [6.45, 7) is 5.89. The summed E-state index contributed by atoms with van der Waals surface area (Å²) in [7, 11) is 0. The molecule has 2 aromatic rings. The topological polar surface area (TPSA) is 33.3 Å². The Morgan fingerprint density at radius 3 is 1.58 bits per heavy atom. The largest absolute Gasteiger partial charge is 0.453 e. The number of ether oxygens (including phenoxy) is 1. The molecule has 2 rings (SSSR count). The monoisotopic (exact) mass is 256 g/mol. The quantitative estimate of drug-likeness (QED) is 0.806. The third-order valence-corrected chi connectivity index (χ3v) is 2.73. The summed E-state index contributed by atoms with van der Waals surface area (Å²) in [4.78, 5) is 0. The van der Waals surface area contributed by atoms with Crippen molar-refractivity contribution in [2.45, 2.75) is 13.8 Å². The fourth-order valence-electron chi connectivity index (χ4n) is 1.90. The van der Waals surface area contributed by atoms with Crippen LogP contribution in [0.15, 0.2) is 48.5 Å². The molecule has 0 heterocycles. The van der Waals surface area contributed by atoms with E-state index in [9.17, 15) is 0 Å². The van der Waals surface area contributed by atoms with Crippen molar-refractivity contribution < 1.29 is 4.74 Å². The van der Waals surface area contributed by atoms with Crippen LogP contribution >= 0.6 is 0 Å². The Bertz CT molecular complexity index is 478. The highest BCUT2D eigenvalue weighted by molar-refractivity contribution is 5.62. The first-order chi connectivity index (χ1) is 9.35. The number of rotatable bonds is 6. The molecule has 0 unspecified atom stereocenters. The van der Waals surface area contributed by atoms with E-state index in [2.05, 4.69) is 24.5 Å². The highest BCUT2D eigenvalue weighted by Crippen LogP contribution is 2.33. The van der Waals surface area contributed by atoms with Crippen molar-refractivity contribution in [3.63, 3.8) is 0 Å². The van der Waals surface area contributed by atoms with E-state index in [0.717, 1.165) is 36.0 Å². The second-order valence-corrected chi connectivity index (χ2v) is 4.16. The van der Waals surface area contributed by atoms with Crippen LogP contribution in [0.4, 0.5) is 11.4 Å². The van der Waals surface area contributed by atoms with Crippen LogP contribution in [0.25, 0.3) is 0 Å². The minimum atomic E-state index is 0.842. The van der Waals surface area contributed by atoms with Crippen LogP contribution in [0.2, 0.25) is 0 Å². The Hall–Kier alpha value is -2.16. The Kier molecular flexibility index (Phi) is 4.67. The van der Waals surface area contributed by atoms with Crippen molar-refractivity contribution in [3.05, 3.63) is 48.5 Å². The van der Waals surface area contributed by atoms with Crippen LogP contribution in [0.3, 0.4) is 0 Å². The SMILES string of the molecule is CCNc1ccccc1Oc1ccccc1NCC. The maximum absolute atomic E-state index is 6.02. The summed E-state index contributed by atoms with van der Waals surface area (Å²) in [5.74, 6) is 1.68. The van der Waals surface area contributed by atoms with Gasteiger partial charge in [0.15, 0.2) is 11.5 Å². The number of anilines is 2. The second-order valence-electron chi connectivity index (χ2n) is 4.16. The molecule has 2 N–H and O–H groups in total. The van der Waals surface area contributed by atoms with Crippen molar-refractivity contribution in [3.8, 4) is 11.5 Å². The first kappa shape index (κ1) is 13.3. The lowest BCUT2D eigenvalue weighted by molar-refractivity contribution is 0.486. The van der Waals surface area contributed by atoms with Crippen LogP contribution < -0.4 is 15.4 Å². The molecule has 0 amide bonds. The van der Waals surface area contributed by atoms with Crippen LogP contribution in [-0.4, -0.2) is 13.1 Å². The molecule has 2 aromatic carbocycles. The summed E-state index contributed by atoms with van der Waals surface area (Å²) in [5.41, 5.74) is 2.02. The molecular formula is C16H20N2O. The normalized spacial score (nSPS) is 10.0. The zero-order chi connectivity index (χ0) is 13.5. The molecule has 3 heteroatoms. The Balaban J connectivity index is 2.25. The standard InChI is InChI=1S/C16H20N2O/c1-3-17-13-9-5-7-11-15(13)19-16-12-8-6-10-14(16)18-4-2/h5-12,17-18H,3-4H2,1-2H3. The summed E-state index contributed by atoms with van der Waals surface area (Å²) < 4.78 is 6.02. The highest BCUT2D eigenvalue weighted by atomic mass is 16.5. The van der Waals surface area contributed by atoms with Crippen molar-refractivity contribution >= 4 is 11.4 Å².